The van der Waals surface area contributed by atoms with E-state index in [0.717, 1.165) is 39.0 Å². The lowest BCUT2D eigenvalue weighted by molar-refractivity contribution is 0.132. The van der Waals surface area contributed by atoms with Crippen LogP contribution in [0.3, 0.4) is 0 Å². The molecule has 0 bridgehead atoms. The SMILES string of the molecule is CNCCCN(CCCN)C(C)CO. The Bertz CT molecular complexity index is 122. The van der Waals surface area contributed by atoms with Gasteiger partial charge >= 0.3 is 0 Å². The lowest BCUT2D eigenvalue weighted by atomic mass is 10.2. The van der Waals surface area contributed by atoms with Gasteiger partial charge in [-0.15, -0.1) is 0 Å². The number of hydrogen-bond acceptors (Lipinski definition) is 4. The summed E-state index contributed by atoms with van der Waals surface area (Å²) in [6, 6.07) is 0.249. The first-order valence-corrected chi connectivity index (χ1v) is 5.45. The van der Waals surface area contributed by atoms with Gasteiger partial charge in [0.2, 0.25) is 0 Å². The molecule has 0 rings (SSSR count). The molecule has 0 aromatic rings. The minimum absolute atomic E-state index is 0.226. The summed E-state index contributed by atoms with van der Waals surface area (Å²) in [6.45, 7) is 6.04. The molecule has 0 saturated carbocycles. The number of hydrogen-bond donors (Lipinski definition) is 3. The Morgan fingerprint density at radius 1 is 1.36 bits per heavy atom. The maximum atomic E-state index is 9.07. The van der Waals surface area contributed by atoms with Crippen LogP contribution in [0.4, 0.5) is 0 Å². The molecule has 4 heteroatoms. The van der Waals surface area contributed by atoms with E-state index in [0.29, 0.717) is 0 Å². The van der Waals surface area contributed by atoms with Crippen molar-refractivity contribution in [1.29, 1.82) is 0 Å². The lowest BCUT2D eigenvalue weighted by Gasteiger charge is -2.27. The fourth-order valence-corrected chi connectivity index (χ4v) is 1.42. The number of aliphatic hydroxyl groups excluding tert-OH is 1. The van der Waals surface area contributed by atoms with Gasteiger partial charge in [-0.1, -0.05) is 0 Å². The van der Waals surface area contributed by atoms with Crippen LogP contribution >= 0.6 is 0 Å². The largest absolute Gasteiger partial charge is 0.395 e. The zero-order valence-electron chi connectivity index (χ0n) is 9.50. The van der Waals surface area contributed by atoms with Gasteiger partial charge in [0.05, 0.1) is 6.61 Å². The Kier molecular flexibility index (Phi) is 9.29. The summed E-state index contributed by atoms with van der Waals surface area (Å²) in [5.41, 5.74) is 5.47. The second-order valence-corrected chi connectivity index (χ2v) is 3.67. The Labute approximate surface area is 87.5 Å². The quantitative estimate of drug-likeness (QED) is 0.447. The van der Waals surface area contributed by atoms with Gasteiger partial charge in [0.1, 0.15) is 0 Å². The highest BCUT2D eigenvalue weighted by Gasteiger charge is 2.11. The fraction of sp³-hybridized carbons (Fsp3) is 1.00. The molecule has 0 saturated heterocycles. The first-order chi connectivity index (χ1) is 6.76. The van der Waals surface area contributed by atoms with E-state index in [-0.39, 0.29) is 12.6 Å². The van der Waals surface area contributed by atoms with Crippen LogP contribution in [0.25, 0.3) is 0 Å². The number of rotatable bonds is 9. The van der Waals surface area contributed by atoms with Crippen molar-refractivity contribution < 1.29 is 5.11 Å². The molecule has 1 unspecified atom stereocenters. The third-order valence-electron chi connectivity index (χ3n) is 2.41. The van der Waals surface area contributed by atoms with E-state index >= 15 is 0 Å². The first kappa shape index (κ1) is 13.8. The Hall–Kier alpha value is -0.160. The number of nitrogens with zero attached hydrogens (tertiary/aromatic N) is 1. The Morgan fingerprint density at radius 2 is 2.00 bits per heavy atom. The molecule has 14 heavy (non-hydrogen) atoms. The van der Waals surface area contributed by atoms with Gasteiger partial charge in [0.15, 0.2) is 0 Å². The lowest BCUT2D eigenvalue weighted by Crippen LogP contribution is -2.38. The number of nitrogens with one attached hydrogen (secondary N) is 1. The van der Waals surface area contributed by atoms with Crippen LogP contribution in [0.5, 0.6) is 0 Å². The maximum Gasteiger partial charge on any atom is 0.0584 e. The molecule has 0 amide bonds. The molecule has 0 fully saturated rings. The summed E-state index contributed by atoms with van der Waals surface area (Å²) in [6.07, 6.45) is 2.12. The molecule has 1 atom stereocenters. The van der Waals surface area contributed by atoms with Gasteiger partial charge in [0, 0.05) is 6.04 Å². The summed E-state index contributed by atoms with van der Waals surface area (Å²) in [4.78, 5) is 2.30. The third-order valence-corrected chi connectivity index (χ3v) is 2.41. The van der Waals surface area contributed by atoms with E-state index in [1.54, 1.807) is 0 Å². The van der Waals surface area contributed by atoms with E-state index < -0.39 is 0 Å². The zero-order chi connectivity index (χ0) is 10.8. The second kappa shape index (κ2) is 9.40. The van der Waals surface area contributed by atoms with Crippen molar-refractivity contribution >= 4 is 0 Å². The third kappa shape index (κ3) is 6.32. The van der Waals surface area contributed by atoms with Gasteiger partial charge in [0.25, 0.3) is 0 Å². The molecule has 0 aromatic carbocycles. The summed E-state index contributed by atoms with van der Waals surface area (Å²) in [5.74, 6) is 0. The van der Waals surface area contributed by atoms with Crippen molar-refractivity contribution in [2.24, 2.45) is 5.73 Å². The molecular weight excluding hydrogens is 178 g/mol. The normalized spacial score (nSPS) is 13.5. The van der Waals surface area contributed by atoms with Crippen molar-refractivity contribution in [3.05, 3.63) is 0 Å². The van der Waals surface area contributed by atoms with E-state index in [4.69, 9.17) is 10.8 Å². The molecule has 4 nitrogen and oxygen atoms in total. The van der Waals surface area contributed by atoms with Gasteiger partial charge in [-0.05, 0) is 53.0 Å². The molecule has 0 aromatic heterocycles. The number of nitrogens with two attached hydrogens (primary N) is 1. The van der Waals surface area contributed by atoms with Gasteiger partial charge in [-0.3, -0.25) is 4.90 Å². The summed E-state index contributed by atoms with van der Waals surface area (Å²) in [5, 5.41) is 12.2. The van der Waals surface area contributed by atoms with Crippen LogP contribution in [0.15, 0.2) is 0 Å². The Morgan fingerprint density at radius 3 is 2.50 bits per heavy atom. The maximum absolute atomic E-state index is 9.07. The summed E-state index contributed by atoms with van der Waals surface area (Å²) in [7, 11) is 1.96. The smallest absolute Gasteiger partial charge is 0.0584 e. The van der Waals surface area contributed by atoms with E-state index in [2.05, 4.69) is 17.1 Å². The van der Waals surface area contributed by atoms with E-state index in [1.165, 1.54) is 0 Å². The molecule has 0 aliphatic carbocycles. The molecule has 0 aliphatic rings. The van der Waals surface area contributed by atoms with Crippen LogP contribution < -0.4 is 11.1 Å². The molecule has 86 valence electrons. The topological polar surface area (TPSA) is 61.5 Å². The van der Waals surface area contributed by atoms with Crippen LogP contribution in [0.2, 0.25) is 0 Å². The molecule has 0 spiro atoms. The highest BCUT2D eigenvalue weighted by atomic mass is 16.3. The van der Waals surface area contributed by atoms with Crippen LogP contribution in [-0.2, 0) is 0 Å². The molecule has 0 aliphatic heterocycles. The molecule has 0 radical (unpaired) electrons. The zero-order valence-corrected chi connectivity index (χ0v) is 9.50. The van der Waals surface area contributed by atoms with Crippen molar-refractivity contribution in [2.45, 2.75) is 25.8 Å². The minimum Gasteiger partial charge on any atom is -0.395 e. The average molecular weight is 203 g/mol. The van der Waals surface area contributed by atoms with Crippen molar-refractivity contribution in [3.63, 3.8) is 0 Å². The highest BCUT2D eigenvalue weighted by molar-refractivity contribution is 4.66. The van der Waals surface area contributed by atoms with Gasteiger partial charge in [-0.2, -0.15) is 0 Å². The van der Waals surface area contributed by atoms with Crippen LogP contribution in [0, 0.1) is 0 Å². The van der Waals surface area contributed by atoms with Crippen molar-refractivity contribution in [2.75, 3.05) is 39.8 Å². The number of aliphatic hydroxyl groups is 1. The molecular formula is C10H25N3O. The Balaban J connectivity index is 3.72. The standard InChI is InChI=1S/C10H25N3O/c1-10(9-14)13(7-3-5-11)8-4-6-12-2/h10,12,14H,3-9,11H2,1-2H3. The van der Waals surface area contributed by atoms with Gasteiger partial charge in [-0.25, -0.2) is 0 Å². The monoisotopic (exact) mass is 203 g/mol. The second-order valence-electron chi connectivity index (χ2n) is 3.67. The van der Waals surface area contributed by atoms with E-state index in [9.17, 15) is 0 Å². The first-order valence-electron chi connectivity index (χ1n) is 5.45. The summed E-state index contributed by atoms with van der Waals surface area (Å²) < 4.78 is 0. The van der Waals surface area contributed by atoms with E-state index in [1.807, 2.05) is 7.05 Å². The predicted octanol–water partition coefficient (Wildman–Crippen LogP) is -0.372. The van der Waals surface area contributed by atoms with Crippen LogP contribution in [0.1, 0.15) is 19.8 Å². The highest BCUT2D eigenvalue weighted by Crippen LogP contribution is 2.00. The molecule has 4 N–H and O–H groups in total. The van der Waals surface area contributed by atoms with Gasteiger partial charge < -0.3 is 16.2 Å². The fourth-order valence-electron chi connectivity index (χ4n) is 1.42. The molecule has 0 heterocycles. The van der Waals surface area contributed by atoms with Crippen LogP contribution in [-0.4, -0.2) is 55.9 Å². The van der Waals surface area contributed by atoms with Crippen molar-refractivity contribution in [1.82, 2.24) is 10.2 Å². The van der Waals surface area contributed by atoms with Crippen molar-refractivity contribution in [3.8, 4) is 0 Å². The summed E-state index contributed by atoms with van der Waals surface area (Å²) >= 11 is 0. The average Bonchev–Trinajstić information content (AvgIpc) is 2.22. The predicted molar refractivity (Wildman–Crippen MR) is 60.3 cm³/mol. The minimum atomic E-state index is 0.226.